The molecule has 10 heteroatoms. The normalized spacial score (nSPS) is 18.3. The van der Waals surface area contributed by atoms with Crippen molar-refractivity contribution in [3.8, 4) is 0 Å². The average molecular weight is 459 g/mol. The zero-order valence-electron chi connectivity index (χ0n) is 19.1. The average Bonchev–Trinajstić information content (AvgIpc) is 2.97. The standard InChI is InChI=1S/C23H29N3O7/c1-23(2,3)33-18(28)8-5-12-32-13-11-24-15-7-4-6-14-19(15)22(31)26(21(14)30)16-9-10-17(27)25-20(16)29/h4,6-7,16,24H,5,8-13H2,1-3H3,(H,25,27,29). The van der Waals surface area contributed by atoms with Crippen LogP contribution in [0, 0.1) is 0 Å². The maximum atomic E-state index is 13.0. The molecule has 33 heavy (non-hydrogen) atoms. The molecule has 1 atom stereocenters. The number of esters is 1. The molecule has 10 nitrogen and oxygen atoms in total. The topological polar surface area (TPSA) is 131 Å². The molecule has 1 aromatic rings. The summed E-state index contributed by atoms with van der Waals surface area (Å²) < 4.78 is 10.8. The van der Waals surface area contributed by atoms with E-state index in [0.29, 0.717) is 31.9 Å². The summed E-state index contributed by atoms with van der Waals surface area (Å²) in [7, 11) is 0. The highest BCUT2D eigenvalue weighted by Crippen LogP contribution is 2.32. The lowest BCUT2D eigenvalue weighted by molar-refractivity contribution is -0.155. The number of anilines is 1. The van der Waals surface area contributed by atoms with Crippen molar-refractivity contribution in [2.24, 2.45) is 0 Å². The van der Waals surface area contributed by atoms with Gasteiger partial charge in [0.05, 0.1) is 17.7 Å². The maximum Gasteiger partial charge on any atom is 0.306 e. The molecule has 3 rings (SSSR count). The Labute approximate surface area is 192 Å². The molecular formula is C23H29N3O7. The molecule has 0 spiro atoms. The van der Waals surface area contributed by atoms with Crippen LogP contribution in [0.4, 0.5) is 5.69 Å². The third-order valence-corrected chi connectivity index (χ3v) is 5.12. The van der Waals surface area contributed by atoms with Crippen LogP contribution in [0.15, 0.2) is 18.2 Å². The zero-order valence-corrected chi connectivity index (χ0v) is 19.1. The fourth-order valence-corrected chi connectivity index (χ4v) is 3.73. The molecule has 178 valence electrons. The smallest absolute Gasteiger partial charge is 0.306 e. The summed E-state index contributed by atoms with van der Waals surface area (Å²) in [5, 5.41) is 5.28. The Kier molecular flexibility index (Phi) is 7.47. The minimum absolute atomic E-state index is 0.0696. The number of ether oxygens (including phenoxy) is 2. The third kappa shape index (κ3) is 5.95. The summed E-state index contributed by atoms with van der Waals surface area (Å²) in [6, 6.07) is 3.87. The SMILES string of the molecule is CC(C)(C)OC(=O)CCCOCCNc1cccc2c1C(=O)N(C1CCC(=O)NC1=O)C2=O. The molecule has 4 amide bonds. The fourth-order valence-electron chi connectivity index (χ4n) is 3.73. The van der Waals surface area contributed by atoms with Crippen molar-refractivity contribution >= 4 is 35.3 Å². The van der Waals surface area contributed by atoms with Gasteiger partial charge in [0.1, 0.15) is 11.6 Å². The molecule has 1 unspecified atom stereocenters. The quantitative estimate of drug-likeness (QED) is 0.324. The van der Waals surface area contributed by atoms with E-state index in [1.807, 2.05) is 20.8 Å². The molecule has 2 N–H and O–H groups in total. The van der Waals surface area contributed by atoms with Gasteiger partial charge in [0, 0.05) is 31.7 Å². The third-order valence-electron chi connectivity index (χ3n) is 5.12. The molecule has 0 aromatic heterocycles. The first-order valence-corrected chi connectivity index (χ1v) is 11.0. The van der Waals surface area contributed by atoms with E-state index in [1.165, 1.54) is 0 Å². The number of amides is 4. The number of imide groups is 2. The Hall–Kier alpha value is -3.27. The molecule has 2 aliphatic heterocycles. The monoisotopic (exact) mass is 459 g/mol. The molecule has 0 radical (unpaired) electrons. The fraction of sp³-hybridized carbons (Fsp3) is 0.522. The summed E-state index contributed by atoms with van der Waals surface area (Å²) >= 11 is 0. The Morgan fingerprint density at radius 1 is 1.15 bits per heavy atom. The molecule has 2 aliphatic rings. The molecule has 0 saturated carbocycles. The lowest BCUT2D eigenvalue weighted by Gasteiger charge is -2.27. The molecule has 1 aromatic carbocycles. The molecule has 2 heterocycles. The van der Waals surface area contributed by atoms with E-state index < -0.39 is 35.3 Å². The maximum absolute atomic E-state index is 13.0. The lowest BCUT2D eigenvalue weighted by atomic mass is 10.0. The largest absolute Gasteiger partial charge is 0.460 e. The van der Waals surface area contributed by atoms with E-state index in [0.717, 1.165) is 4.90 Å². The number of fused-ring (bicyclic) bond motifs is 1. The van der Waals surface area contributed by atoms with Crippen molar-refractivity contribution in [2.75, 3.05) is 25.1 Å². The van der Waals surface area contributed by atoms with Crippen LogP contribution in [-0.4, -0.2) is 65.9 Å². The molecular weight excluding hydrogens is 430 g/mol. The Balaban J connectivity index is 1.50. The van der Waals surface area contributed by atoms with E-state index in [2.05, 4.69) is 10.6 Å². The van der Waals surface area contributed by atoms with Gasteiger partial charge in [0.25, 0.3) is 11.8 Å². The second-order valence-electron chi connectivity index (χ2n) is 8.90. The number of piperidine rings is 1. The highest BCUT2D eigenvalue weighted by atomic mass is 16.6. The van der Waals surface area contributed by atoms with Crippen LogP contribution < -0.4 is 10.6 Å². The van der Waals surface area contributed by atoms with Crippen LogP contribution in [0.5, 0.6) is 0 Å². The van der Waals surface area contributed by atoms with Gasteiger partial charge in [-0.15, -0.1) is 0 Å². The molecule has 0 bridgehead atoms. The van der Waals surface area contributed by atoms with E-state index in [-0.39, 0.29) is 36.4 Å². The van der Waals surface area contributed by atoms with Crippen molar-refractivity contribution in [3.63, 3.8) is 0 Å². The van der Waals surface area contributed by atoms with Crippen LogP contribution >= 0.6 is 0 Å². The highest BCUT2D eigenvalue weighted by molar-refractivity contribution is 6.25. The van der Waals surface area contributed by atoms with Crippen molar-refractivity contribution in [2.45, 2.75) is 58.1 Å². The highest BCUT2D eigenvalue weighted by Gasteiger charge is 2.45. The summed E-state index contributed by atoms with van der Waals surface area (Å²) in [4.78, 5) is 62.0. The minimum Gasteiger partial charge on any atom is -0.460 e. The number of carbonyl (C=O) groups excluding carboxylic acids is 5. The van der Waals surface area contributed by atoms with Gasteiger partial charge in [-0.1, -0.05) is 6.07 Å². The van der Waals surface area contributed by atoms with Gasteiger partial charge in [0.2, 0.25) is 11.8 Å². The number of hydrogen-bond donors (Lipinski definition) is 2. The van der Waals surface area contributed by atoms with Gasteiger partial charge in [0.15, 0.2) is 0 Å². The van der Waals surface area contributed by atoms with E-state index in [9.17, 15) is 24.0 Å². The van der Waals surface area contributed by atoms with Gasteiger partial charge in [-0.05, 0) is 45.7 Å². The number of nitrogens with one attached hydrogen (secondary N) is 2. The van der Waals surface area contributed by atoms with Gasteiger partial charge in [-0.3, -0.25) is 34.2 Å². The summed E-state index contributed by atoms with van der Waals surface area (Å²) in [5.74, 6) is -2.44. The molecule has 1 fully saturated rings. The van der Waals surface area contributed by atoms with Crippen LogP contribution in [-0.2, 0) is 23.9 Å². The van der Waals surface area contributed by atoms with Crippen LogP contribution in [0.3, 0.4) is 0 Å². The predicted molar refractivity (Wildman–Crippen MR) is 118 cm³/mol. The summed E-state index contributed by atoms with van der Waals surface area (Å²) in [6.45, 7) is 6.54. The van der Waals surface area contributed by atoms with Crippen molar-refractivity contribution in [1.82, 2.24) is 10.2 Å². The first-order valence-electron chi connectivity index (χ1n) is 11.0. The van der Waals surface area contributed by atoms with Crippen molar-refractivity contribution in [3.05, 3.63) is 29.3 Å². The van der Waals surface area contributed by atoms with Crippen molar-refractivity contribution < 1.29 is 33.4 Å². The van der Waals surface area contributed by atoms with Gasteiger partial charge < -0.3 is 14.8 Å². The second kappa shape index (κ2) is 10.1. The van der Waals surface area contributed by atoms with E-state index in [1.54, 1.807) is 18.2 Å². The Morgan fingerprint density at radius 3 is 2.61 bits per heavy atom. The second-order valence-corrected chi connectivity index (χ2v) is 8.90. The first-order chi connectivity index (χ1) is 15.6. The van der Waals surface area contributed by atoms with E-state index in [4.69, 9.17) is 9.47 Å². The number of nitrogens with zero attached hydrogens (tertiary/aromatic N) is 1. The van der Waals surface area contributed by atoms with Crippen molar-refractivity contribution in [1.29, 1.82) is 0 Å². The summed E-state index contributed by atoms with van der Waals surface area (Å²) in [6.07, 6.45) is 0.976. The van der Waals surface area contributed by atoms with Crippen LogP contribution in [0.25, 0.3) is 0 Å². The van der Waals surface area contributed by atoms with Gasteiger partial charge >= 0.3 is 5.97 Å². The minimum atomic E-state index is -1.00. The number of benzene rings is 1. The lowest BCUT2D eigenvalue weighted by Crippen LogP contribution is -2.54. The first kappa shape index (κ1) is 24.4. The molecule has 1 saturated heterocycles. The zero-order chi connectivity index (χ0) is 24.2. The van der Waals surface area contributed by atoms with Crippen LogP contribution in [0.2, 0.25) is 0 Å². The molecule has 0 aliphatic carbocycles. The number of rotatable bonds is 9. The van der Waals surface area contributed by atoms with Crippen LogP contribution in [0.1, 0.15) is 67.2 Å². The number of carbonyl (C=O) groups is 5. The Bertz CT molecular complexity index is 967. The summed E-state index contributed by atoms with van der Waals surface area (Å²) in [5.41, 5.74) is 0.382. The van der Waals surface area contributed by atoms with E-state index >= 15 is 0 Å². The Morgan fingerprint density at radius 2 is 1.91 bits per heavy atom. The van der Waals surface area contributed by atoms with Gasteiger partial charge in [-0.25, -0.2) is 0 Å². The predicted octanol–water partition coefficient (Wildman–Crippen LogP) is 1.64. The van der Waals surface area contributed by atoms with Gasteiger partial charge in [-0.2, -0.15) is 0 Å². The number of hydrogen-bond acceptors (Lipinski definition) is 8.